The van der Waals surface area contributed by atoms with Crippen LogP contribution in [-0.4, -0.2) is 44.5 Å². The standard InChI is InChI=1S/C11H20N4O2S2/c1-8-9(18-10(12)14-8)19(16,17)13-7-11(15(2)3)5-4-6-11/h13H,4-7H2,1-3H3,(H2,12,14). The molecule has 1 aliphatic carbocycles. The molecular formula is C11H20N4O2S2. The van der Waals surface area contributed by atoms with Gasteiger partial charge >= 0.3 is 0 Å². The van der Waals surface area contributed by atoms with Crippen molar-refractivity contribution in [1.29, 1.82) is 0 Å². The first-order valence-electron chi connectivity index (χ1n) is 6.17. The molecule has 1 saturated carbocycles. The number of rotatable bonds is 5. The van der Waals surface area contributed by atoms with Crippen LogP contribution in [0.5, 0.6) is 0 Å². The van der Waals surface area contributed by atoms with Crippen LogP contribution < -0.4 is 10.5 Å². The predicted molar refractivity (Wildman–Crippen MR) is 76.7 cm³/mol. The molecule has 1 heterocycles. The predicted octanol–water partition coefficient (Wildman–Crippen LogP) is 0.796. The molecule has 1 aromatic rings. The highest BCUT2D eigenvalue weighted by Gasteiger charge is 2.40. The van der Waals surface area contributed by atoms with Crippen LogP contribution in [0.2, 0.25) is 0 Å². The van der Waals surface area contributed by atoms with Crippen LogP contribution in [-0.2, 0) is 10.0 Å². The molecule has 0 aliphatic heterocycles. The van der Waals surface area contributed by atoms with Gasteiger partial charge in [-0.05, 0) is 40.3 Å². The molecule has 0 bridgehead atoms. The van der Waals surface area contributed by atoms with Gasteiger partial charge < -0.3 is 10.6 Å². The summed E-state index contributed by atoms with van der Waals surface area (Å²) in [6, 6.07) is 0. The second kappa shape index (κ2) is 5.01. The summed E-state index contributed by atoms with van der Waals surface area (Å²) in [6.45, 7) is 2.09. The van der Waals surface area contributed by atoms with Gasteiger partial charge in [0.05, 0.1) is 5.69 Å². The van der Waals surface area contributed by atoms with Crippen molar-refractivity contribution < 1.29 is 8.42 Å². The SMILES string of the molecule is Cc1nc(N)sc1S(=O)(=O)NCC1(N(C)C)CCC1. The van der Waals surface area contributed by atoms with E-state index in [-0.39, 0.29) is 14.9 Å². The van der Waals surface area contributed by atoms with E-state index in [1.54, 1.807) is 6.92 Å². The Balaban J connectivity index is 2.12. The van der Waals surface area contributed by atoms with Crippen LogP contribution >= 0.6 is 11.3 Å². The number of nitrogens with zero attached hydrogens (tertiary/aromatic N) is 2. The second-order valence-corrected chi connectivity index (χ2v) is 8.21. The maximum atomic E-state index is 12.3. The lowest BCUT2D eigenvalue weighted by atomic mass is 9.76. The topological polar surface area (TPSA) is 88.3 Å². The highest BCUT2D eigenvalue weighted by molar-refractivity contribution is 7.91. The van der Waals surface area contributed by atoms with E-state index in [1.807, 2.05) is 14.1 Å². The number of hydrogen-bond acceptors (Lipinski definition) is 6. The molecule has 0 saturated heterocycles. The average molecular weight is 304 g/mol. The van der Waals surface area contributed by atoms with Crippen LogP contribution in [0.4, 0.5) is 5.13 Å². The summed E-state index contributed by atoms with van der Waals surface area (Å²) in [6.07, 6.45) is 3.19. The smallest absolute Gasteiger partial charge is 0.252 e. The summed E-state index contributed by atoms with van der Waals surface area (Å²) in [4.78, 5) is 6.06. The Bertz CT molecular complexity index is 561. The molecule has 2 rings (SSSR count). The summed E-state index contributed by atoms with van der Waals surface area (Å²) >= 11 is 1.01. The van der Waals surface area contributed by atoms with E-state index in [1.165, 1.54) is 0 Å². The molecule has 0 aromatic carbocycles. The van der Waals surface area contributed by atoms with Gasteiger partial charge in [0, 0.05) is 12.1 Å². The molecule has 1 fully saturated rings. The molecule has 1 aliphatic rings. The Labute approximate surface area is 118 Å². The van der Waals surface area contributed by atoms with Crippen LogP contribution in [0.15, 0.2) is 4.21 Å². The molecule has 19 heavy (non-hydrogen) atoms. The van der Waals surface area contributed by atoms with Crippen molar-refractivity contribution in [3.05, 3.63) is 5.69 Å². The average Bonchev–Trinajstić information content (AvgIpc) is 2.56. The quantitative estimate of drug-likeness (QED) is 0.840. The summed E-state index contributed by atoms with van der Waals surface area (Å²) in [5.74, 6) is 0. The molecular weight excluding hydrogens is 284 g/mol. The molecule has 0 radical (unpaired) electrons. The Kier molecular flexibility index (Phi) is 3.87. The Morgan fingerprint density at radius 1 is 1.47 bits per heavy atom. The fourth-order valence-electron chi connectivity index (χ4n) is 2.31. The molecule has 0 amide bonds. The van der Waals surface area contributed by atoms with Crippen molar-refractivity contribution in [2.24, 2.45) is 0 Å². The van der Waals surface area contributed by atoms with Gasteiger partial charge in [-0.3, -0.25) is 0 Å². The minimum atomic E-state index is -3.51. The largest absolute Gasteiger partial charge is 0.375 e. The Hall–Kier alpha value is -0.700. The van der Waals surface area contributed by atoms with Gasteiger partial charge in [0.2, 0.25) is 0 Å². The molecule has 0 spiro atoms. The summed E-state index contributed by atoms with van der Waals surface area (Å²) in [5, 5.41) is 0.281. The monoisotopic (exact) mass is 304 g/mol. The van der Waals surface area contributed by atoms with Gasteiger partial charge in [-0.1, -0.05) is 11.3 Å². The number of thiazole rings is 1. The van der Waals surface area contributed by atoms with Gasteiger partial charge in [-0.15, -0.1) is 0 Å². The van der Waals surface area contributed by atoms with Gasteiger partial charge in [0.1, 0.15) is 0 Å². The zero-order valence-electron chi connectivity index (χ0n) is 11.4. The summed E-state index contributed by atoms with van der Waals surface area (Å²) < 4.78 is 27.4. The van der Waals surface area contributed by atoms with Gasteiger partial charge in [-0.25, -0.2) is 18.1 Å². The van der Waals surface area contributed by atoms with Crippen molar-refractivity contribution in [2.75, 3.05) is 26.4 Å². The number of nitrogens with one attached hydrogen (secondary N) is 1. The van der Waals surface area contributed by atoms with Crippen LogP contribution in [0, 0.1) is 6.92 Å². The number of nitrogen functional groups attached to an aromatic ring is 1. The molecule has 6 nitrogen and oxygen atoms in total. The number of likely N-dealkylation sites (N-methyl/N-ethyl adjacent to an activating group) is 1. The van der Waals surface area contributed by atoms with Crippen molar-refractivity contribution in [3.63, 3.8) is 0 Å². The number of aromatic nitrogens is 1. The first-order chi connectivity index (χ1) is 8.77. The van der Waals surface area contributed by atoms with Gasteiger partial charge in [0.15, 0.2) is 9.34 Å². The van der Waals surface area contributed by atoms with Crippen LogP contribution in [0.1, 0.15) is 25.0 Å². The molecule has 1 aromatic heterocycles. The van der Waals surface area contributed by atoms with E-state index in [4.69, 9.17) is 5.73 Å². The van der Waals surface area contributed by atoms with Crippen molar-refractivity contribution in [3.8, 4) is 0 Å². The number of anilines is 1. The summed E-state index contributed by atoms with van der Waals surface area (Å²) in [5.41, 5.74) is 5.97. The third-order valence-corrected chi connectivity index (χ3v) is 6.84. The zero-order chi connectivity index (χ0) is 14.3. The minimum Gasteiger partial charge on any atom is -0.375 e. The maximum Gasteiger partial charge on any atom is 0.252 e. The van der Waals surface area contributed by atoms with Crippen molar-refractivity contribution in [2.45, 2.75) is 35.9 Å². The fraction of sp³-hybridized carbons (Fsp3) is 0.727. The second-order valence-electron chi connectivity index (χ2n) is 5.22. The molecule has 108 valence electrons. The van der Waals surface area contributed by atoms with E-state index in [0.717, 1.165) is 30.6 Å². The van der Waals surface area contributed by atoms with Crippen molar-refractivity contribution >= 4 is 26.5 Å². The zero-order valence-corrected chi connectivity index (χ0v) is 13.1. The van der Waals surface area contributed by atoms with Crippen LogP contribution in [0.3, 0.4) is 0 Å². The lowest BCUT2D eigenvalue weighted by molar-refractivity contribution is 0.0657. The van der Waals surface area contributed by atoms with E-state index in [2.05, 4.69) is 14.6 Å². The van der Waals surface area contributed by atoms with E-state index >= 15 is 0 Å². The van der Waals surface area contributed by atoms with Gasteiger partial charge in [0.25, 0.3) is 10.0 Å². The van der Waals surface area contributed by atoms with E-state index < -0.39 is 10.0 Å². The van der Waals surface area contributed by atoms with E-state index in [9.17, 15) is 8.42 Å². The molecule has 3 N–H and O–H groups in total. The number of nitrogens with two attached hydrogens (primary N) is 1. The Morgan fingerprint density at radius 3 is 2.47 bits per heavy atom. The lowest BCUT2D eigenvalue weighted by Gasteiger charge is -2.47. The molecule has 0 atom stereocenters. The number of sulfonamides is 1. The number of hydrogen-bond donors (Lipinski definition) is 2. The third kappa shape index (κ3) is 2.76. The van der Waals surface area contributed by atoms with E-state index in [0.29, 0.717) is 12.2 Å². The fourth-order valence-corrected chi connectivity index (χ4v) is 4.78. The maximum absolute atomic E-state index is 12.3. The molecule has 0 unspecified atom stereocenters. The minimum absolute atomic E-state index is 0.0444. The Morgan fingerprint density at radius 2 is 2.11 bits per heavy atom. The summed E-state index contributed by atoms with van der Waals surface area (Å²) in [7, 11) is 0.465. The van der Waals surface area contributed by atoms with Crippen LogP contribution in [0.25, 0.3) is 0 Å². The highest BCUT2D eigenvalue weighted by atomic mass is 32.2. The van der Waals surface area contributed by atoms with Gasteiger partial charge in [-0.2, -0.15) is 0 Å². The highest BCUT2D eigenvalue weighted by Crippen LogP contribution is 2.36. The first-order valence-corrected chi connectivity index (χ1v) is 8.47. The lowest BCUT2D eigenvalue weighted by Crippen LogP contribution is -2.57. The normalized spacial score (nSPS) is 18.5. The first kappa shape index (κ1) is 14.7. The number of aryl methyl sites for hydroxylation is 1. The molecule has 8 heteroatoms. The third-order valence-electron chi connectivity index (χ3n) is 3.84. The van der Waals surface area contributed by atoms with Crippen molar-refractivity contribution in [1.82, 2.24) is 14.6 Å².